The molecule has 3 aromatic rings. The molecule has 2 aliphatic heterocycles. The first-order valence-electron chi connectivity index (χ1n) is 16.0. The van der Waals surface area contributed by atoms with E-state index >= 15 is 0 Å². The van der Waals surface area contributed by atoms with Gasteiger partial charge in [0.05, 0.1) is 18.0 Å². The molecule has 11 heteroatoms. The predicted molar refractivity (Wildman–Crippen MR) is 182 cm³/mol. The SMILES string of the molecule is CCCCS(=O)(=O)NCC(C)c1nc2n(n1)N=C(c1c(C)cccc1C)/C2=N/c1cc2c(cc1C)N(CCO)C(C)(C)CC2C. The van der Waals surface area contributed by atoms with Gasteiger partial charge in [-0.3, -0.25) is 0 Å². The van der Waals surface area contributed by atoms with Crippen LogP contribution < -0.4 is 9.62 Å². The Morgan fingerprint density at radius 3 is 2.53 bits per heavy atom. The summed E-state index contributed by atoms with van der Waals surface area (Å²) in [6, 6.07) is 10.5. The molecule has 0 aliphatic carbocycles. The Hall–Kier alpha value is -3.41. The maximum absolute atomic E-state index is 12.4. The molecular formula is C34H47N7O3S. The van der Waals surface area contributed by atoms with Gasteiger partial charge in [-0.15, -0.1) is 15.0 Å². The van der Waals surface area contributed by atoms with E-state index < -0.39 is 10.0 Å². The Morgan fingerprint density at radius 2 is 1.87 bits per heavy atom. The van der Waals surface area contributed by atoms with Crippen LogP contribution in [-0.2, 0) is 10.0 Å². The molecule has 2 atom stereocenters. The maximum atomic E-state index is 12.4. The average Bonchev–Trinajstić information content (AvgIpc) is 3.52. The van der Waals surface area contributed by atoms with Crippen LogP contribution in [0.15, 0.2) is 40.4 Å². The van der Waals surface area contributed by atoms with Crippen molar-refractivity contribution in [1.82, 2.24) is 19.6 Å². The zero-order valence-electron chi connectivity index (χ0n) is 27.8. The van der Waals surface area contributed by atoms with Crippen molar-refractivity contribution in [1.29, 1.82) is 0 Å². The molecule has 0 saturated heterocycles. The van der Waals surface area contributed by atoms with Gasteiger partial charge in [0, 0.05) is 35.8 Å². The van der Waals surface area contributed by atoms with Crippen molar-refractivity contribution < 1.29 is 13.5 Å². The van der Waals surface area contributed by atoms with Gasteiger partial charge >= 0.3 is 0 Å². The van der Waals surface area contributed by atoms with Crippen LogP contribution in [0.4, 0.5) is 11.4 Å². The topological polar surface area (TPSA) is 125 Å². The van der Waals surface area contributed by atoms with E-state index in [2.05, 4.69) is 75.4 Å². The molecule has 242 valence electrons. The lowest BCUT2D eigenvalue weighted by Gasteiger charge is -2.47. The number of hydrogen-bond acceptors (Lipinski definition) is 8. The Labute approximate surface area is 267 Å². The second-order valence-electron chi connectivity index (χ2n) is 13.3. The van der Waals surface area contributed by atoms with Crippen LogP contribution in [-0.4, -0.2) is 70.8 Å². The van der Waals surface area contributed by atoms with Gasteiger partial charge in [-0.05, 0) is 87.8 Å². The van der Waals surface area contributed by atoms with Crippen LogP contribution in [0.5, 0.6) is 0 Å². The van der Waals surface area contributed by atoms with E-state index in [1.54, 1.807) is 4.79 Å². The number of β-amino-alcohol motifs (C(OH)–C–C–N with tert-alkyl or cyclic N) is 1. The van der Waals surface area contributed by atoms with Gasteiger partial charge in [0.2, 0.25) is 15.8 Å². The number of rotatable bonds is 11. The zero-order valence-corrected chi connectivity index (χ0v) is 28.7. The number of benzene rings is 2. The fourth-order valence-electron chi connectivity index (χ4n) is 6.59. The first kappa shape index (κ1) is 33.0. The lowest BCUT2D eigenvalue weighted by molar-refractivity contribution is 0.277. The van der Waals surface area contributed by atoms with Crippen LogP contribution in [0.1, 0.15) is 105 Å². The summed E-state index contributed by atoms with van der Waals surface area (Å²) in [6.45, 7) is 17.7. The number of unbranched alkanes of at least 4 members (excludes halogenated alkanes) is 1. The molecule has 0 saturated carbocycles. The van der Waals surface area contributed by atoms with Crippen LogP contribution in [0.25, 0.3) is 0 Å². The van der Waals surface area contributed by atoms with E-state index in [4.69, 9.17) is 20.2 Å². The molecule has 0 fully saturated rings. The molecule has 2 N–H and O–H groups in total. The molecule has 0 radical (unpaired) electrons. The number of aryl methyl sites for hydroxylation is 3. The van der Waals surface area contributed by atoms with Crippen LogP contribution in [0.3, 0.4) is 0 Å². The molecule has 45 heavy (non-hydrogen) atoms. The van der Waals surface area contributed by atoms with Crippen molar-refractivity contribution in [3.8, 4) is 0 Å². The van der Waals surface area contributed by atoms with Crippen LogP contribution in [0, 0.1) is 20.8 Å². The number of aliphatic hydroxyl groups is 1. The summed E-state index contributed by atoms with van der Waals surface area (Å²) in [6.07, 6.45) is 2.40. The molecule has 10 nitrogen and oxygen atoms in total. The first-order chi connectivity index (χ1) is 21.3. The molecule has 2 aromatic carbocycles. The largest absolute Gasteiger partial charge is 0.395 e. The van der Waals surface area contributed by atoms with E-state index in [1.165, 1.54) is 5.56 Å². The third-order valence-electron chi connectivity index (χ3n) is 9.03. The average molecular weight is 634 g/mol. The highest BCUT2D eigenvalue weighted by Crippen LogP contribution is 2.45. The second-order valence-corrected chi connectivity index (χ2v) is 15.2. The Balaban J connectivity index is 1.58. The molecule has 2 unspecified atom stereocenters. The second kappa shape index (κ2) is 12.8. The third kappa shape index (κ3) is 6.62. The number of aliphatic imine (C=N–C) groups is 1. The summed E-state index contributed by atoms with van der Waals surface area (Å²) in [5.74, 6) is 1.22. The molecule has 0 amide bonds. The summed E-state index contributed by atoms with van der Waals surface area (Å²) < 4.78 is 27.6. The van der Waals surface area contributed by atoms with Gasteiger partial charge in [-0.1, -0.05) is 45.4 Å². The standard InChI is InChI=1S/C34H47N7O3S/c1-9-10-16-45(43,44)35-20-25(6)32-37-33-31(30(38-41(33)39-32)29-21(2)12-11-13-22(29)3)36-27-18-26-24(5)19-34(7,8)40(14-15-42)28(26)17-23(27)4/h11-13,17-18,24-25,35,42H,9-10,14-16,19-20H2,1-8H3/b36-31-. The van der Waals surface area contributed by atoms with Gasteiger partial charge in [-0.2, -0.15) is 0 Å². The number of hydrogen-bond donors (Lipinski definition) is 2. The molecule has 0 bridgehead atoms. The van der Waals surface area contributed by atoms with Crippen molar-refractivity contribution >= 4 is 32.8 Å². The van der Waals surface area contributed by atoms with Crippen molar-refractivity contribution in [2.24, 2.45) is 10.1 Å². The lowest BCUT2D eigenvalue weighted by atomic mass is 9.79. The zero-order chi connectivity index (χ0) is 32.7. The predicted octanol–water partition coefficient (Wildman–Crippen LogP) is 5.50. The summed E-state index contributed by atoms with van der Waals surface area (Å²) in [7, 11) is -3.36. The number of aromatic nitrogens is 3. The van der Waals surface area contributed by atoms with Crippen molar-refractivity contribution in [3.05, 3.63) is 69.8 Å². The number of nitrogens with zero attached hydrogens (tertiary/aromatic N) is 6. The number of aliphatic hydroxyl groups excluding tert-OH is 1. The highest BCUT2D eigenvalue weighted by atomic mass is 32.2. The van der Waals surface area contributed by atoms with Gasteiger partial charge in [-0.25, -0.2) is 23.1 Å². The van der Waals surface area contributed by atoms with Gasteiger partial charge in [0.25, 0.3) is 0 Å². The molecular weight excluding hydrogens is 586 g/mol. The fraction of sp³-hybridized carbons (Fsp3) is 0.529. The summed E-state index contributed by atoms with van der Waals surface area (Å²) in [4.78, 5) is 14.0. The first-order valence-corrected chi connectivity index (χ1v) is 17.6. The summed E-state index contributed by atoms with van der Waals surface area (Å²) in [5, 5.41) is 19.5. The normalized spacial score (nSPS) is 19.0. The quantitative estimate of drug-likeness (QED) is 0.287. The summed E-state index contributed by atoms with van der Waals surface area (Å²) in [5.41, 5.74) is 8.66. The van der Waals surface area contributed by atoms with E-state index in [1.807, 2.05) is 19.9 Å². The molecule has 1 aromatic heterocycles. The monoisotopic (exact) mass is 633 g/mol. The Morgan fingerprint density at radius 1 is 1.16 bits per heavy atom. The molecule has 3 heterocycles. The fourth-order valence-corrected chi connectivity index (χ4v) is 7.91. The highest BCUT2D eigenvalue weighted by molar-refractivity contribution is 7.89. The third-order valence-corrected chi connectivity index (χ3v) is 10.5. The van der Waals surface area contributed by atoms with Crippen molar-refractivity contribution in [2.45, 2.75) is 92.0 Å². The molecule has 5 rings (SSSR count). The van der Waals surface area contributed by atoms with E-state index in [0.717, 1.165) is 46.5 Å². The van der Waals surface area contributed by atoms with Gasteiger partial charge < -0.3 is 10.0 Å². The van der Waals surface area contributed by atoms with Crippen molar-refractivity contribution in [2.75, 3.05) is 30.3 Å². The number of sulfonamides is 1. The smallest absolute Gasteiger partial charge is 0.211 e. The summed E-state index contributed by atoms with van der Waals surface area (Å²) >= 11 is 0. The van der Waals surface area contributed by atoms with Crippen molar-refractivity contribution in [3.63, 3.8) is 0 Å². The Bertz CT molecular complexity index is 1740. The minimum absolute atomic E-state index is 0.0731. The van der Waals surface area contributed by atoms with Gasteiger partial charge in [0.1, 0.15) is 11.4 Å². The number of anilines is 1. The highest BCUT2D eigenvalue weighted by Gasteiger charge is 2.37. The minimum atomic E-state index is -3.36. The molecule has 2 aliphatic rings. The minimum Gasteiger partial charge on any atom is -0.395 e. The lowest BCUT2D eigenvalue weighted by Crippen LogP contribution is -2.49. The Kier molecular flexibility index (Phi) is 9.35. The van der Waals surface area contributed by atoms with Crippen LogP contribution in [0.2, 0.25) is 0 Å². The molecule has 0 spiro atoms. The van der Waals surface area contributed by atoms with Gasteiger partial charge in [0.15, 0.2) is 5.82 Å². The number of fused-ring (bicyclic) bond motifs is 2. The number of nitrogens with one attached hydrogen (secondary N) is 1. The van der Waals surface area contributed by atoms with Crippen LogP contribution >= 0.6 is 0 Å². The van der Waals surface area contributed by atoms with E-state index in [9.17, 15) is 13.5 Å². The maximum Gasteiger partial charge on any atom is 0.211 e. The van der Waals surface area contributed by atoms with E-state index in [-0.39, 0.29) is 30.4 Å². The van der Waals surface area contributed by atoms with E-state index in [0.29, 0.717) is 42.0 Å².